The Hall–Kier alpha value is -3.11. The van der Waals surface area contributed by atoms with Crippen molar-refractivity contribution in [1.29, 1.82) is 0 Å². The van der Waals surface area contributed by atoms with Crippen molar-refractivity contribution < 1.29 is 13.2 Å². The average molecular weight is 469 g/mol. The van der Waals surface area contributed by atoms with Crippen molar-refractivity contribution in [3.05, 3.63) is 64.0 Å². The van der Waals surface area contributed by atoms with Gasteiger partial charge in [-0.1, -0.05) is 0 Å². The largest absolute Gasteiger partial charge is 0.336 e. The van der Waals surface area contributed by atoms with Gasteiger partial charge in [0.05, 0.1) is 10.6 Å². The van der Waals surface area contributed by atoms with Crippen molar-refractivity contribution in [2.75, 3.05) is 26.2 Å². The predicted molar refractivity (Wildman–Crippen MR) is 124 cm³/mol. The zero-order valence-corrected chi connectivity index (χ0v) is 20.3. The second kappa shape index (κ2) is 8.68. The van der Waals surface area contributed by atoms with E-state index < -0.39 is 10.0 Å². The first-order valence-electron chi connectivity index (χ1n) is 10.8. The van der Waals surface area contributed by atoms with Crippen molar-refractivity contribution in [1.82, 2.24) is 29.4 Å². The van der Waals surface area contributed by atoms with Crippen LogP contribution in [0.2, 0.25) is 0 Å². The van der Waals surface area contributed by atoms with Crippen LogP contribution in [0.15, 0.2) is 35.5 Å². The molecule has 1 aliphatic rings. The molecule has 174 valence electrons. The van der Waals surface area contributed by atoms with Crippen molar-refractivity contribution in [3.63, 3.8) is 0 Å². The lowest BCUT2D eigenvalue weighted by atomic mass is 9.95. The minimum absolute atomic E-state index is 0.121. The summed E-state index contributed by atoms with van der Waals surface area (Å²) in [6, 6.07) is 7.01. The van der Waals surface area contributed by atoms with E-state index in [9.17, 15) is 13.2 Å². The Morgan fingerprint density at radius 3 is 1.88 bits per heavy atom. The molecule has 1 aliphatic heterocycles. The highest BCUT2D eigenvalue weighted by molar-refractivity contribution is 7.89. The number of piperazine rings is 1. The molecule has 1 saturated heterocycles. The van der Waals surface area contributed by atoms with Gasteiger partial charge in [-0.25, -0.2) is 13.1 Å². The van der Waals surface area contributed by atoms with E-state index in [1.54, 1.807) is 29.2 Å². The van der Waals surface area contributed by atoms with Gasteiger partial charge in [-0.15, -0.1) is 5.10 Å². The molecule has 2 aromatic carbocycles. The molecule has 0 spiro atoms. The van der Waals surface area contributed by atoms with Crippen molar-refractivity contribution in [3.8, 4) is 5.69 Å². The molecule has 0 atom stereocenters. The van der Waals surface area contributed by atoms with Gasteiger partial charge in [0.15, 0.2) is 0 Å². The molecular weight excluding hydrogens is 440 g/mol. The number of benzene rings is 2. The number of sulfonamides is 1. The normalized spacial score (nSPS) is 15.1. The van der Waals surface area contributed by atoms with Gasteiger partial charge in [-0.05, 0) is 97.1 Å². The molecule has 9 nitrogen and oxygen atoms in total. The van der Waals surface area contributed by atoms with Crippen LogP contribution in [0.4, 0.5) is 0 Å². The van der Waals surface area contributed by atoms with E-state index in [4.69, 9.17) is 0 Å². The lowest BCUT2D eigenvalue weighted by molar-refractivity contribution is 0.0698. The molecule has 0 aliphatic carbocycles. The number of nitrogens with zero attached hydrogens (tertiary/aromatic N) is 6. The molecule has 4 rings (SSSR count). The second-order valence-electron chi connectivity index (χ2n) is 8.45. The summed E-state index contributed by atoms with van der Waals surface area (Å²) < 4.78 is 30.1. The SMILES string of the molecule is Cc1c(C)c(C)c(S(=O)(=O)N2CCN(C(=O)c3ccc(-n4cnnn4)cc3)CC2)c(C)c1C. The van der Waals surface area contributed by atoms with Crippen LogP contribution in [0.1, 0.15) is 38.2 Å². The maximum atomic E-state index is 13.5. The van der Waals surface area contributed by atoms with Crippen molar-refractivity contribution in [2.24, 2.45) is 0 Å². The summed E-state index contributed by atoms with van der Waals surface area (Å²) in [7, 11) is -3.66. The first kappa shape index (κ1) is 23.1. The van der Waals surface area contributed by atoms with Crippen LogP contribution in [-0.4, -0.2) is 69.9 Å². The van der Waals surface area contributed by atoms with Crippen LogP contribution in [0.25, 0.3) is 5.69 Å². The van der Waals surface area contributed by atoms with Crippen LogP contribution >= 0.6 is 0 Å². The standard InChI is InChI=1S/C23H28N6O3S/c1-15-16(2)18(4)22(19(5)17(15)3)33(31,32)28-12-10-27(11-13-28)23(30)20-6-8-21(9-7-20)29-14-24-25-26-29/h6-9,14H,10-13H2,1-5H3. The summed E-state index contributed by atoms with van der Waals surface area (Å²) in [6.07, 6.45) is 1.48. The Morgan fingerprint density at radius 1 is 0.818 bits per heavy atom. The van der Waals surface area contributed by atoms with Crippen molar-refractivity contribution in [2.45, 2.75) is 39.5 Å². The predicted octanol–water partition coefficient (Wildman–Crippen LogP) is 2.35. The first-order valence-corrected chi connectivity index (χ1v) is 12.3. The Kier molecular flexibility index (Phi) is 6.06. The first-order chi connectivity index (χ1) is 15.6. The Labute approximate surface area is 194 Å². The molecule has 0 N–H and O–H groups in total. The number of carbonyl (C=O) groups excluding carboxylic acids is 1. The summed E-state index contributed by atoms with van der Waals surface area (Å²) in [5.41, 5.74) is 6.05. The van der Waals surface area contributed by atoms with E-state index in [-0.39, 0.29) is 19.0 Å². The highest BCUT2D eigenvalue weighted by Gasteiger charge is 2.33. The van der Waals surface area contributed by atoms with Crippen LogP contribution in [0, 0.1) is 34.6 Å². The number of tetrazole rings is 1. The third-order valence-electron chi connectivity index (χ3n) is 6.78. The van der Waals surface area contributed by atoms with Gasteiger partial charge in [0.1, 0.15) is 6.33 Å². The van der Waals surface area contributed by atoms with E-state index in [0.29, 0.717) is 23.5 Å². The lowest BCUT2D eigenvalue weighted by Crippen LogP contribution is -2.50. The third-order valence-corrected chi connectivity index (χ3v) is 8.96. The monoisotopic (exact) mass is 468 g/mol. The van der Waals surface area contributed by atoms with Crippen LogP contribution in [0.5, 0.6) is 0 Å². The molecule has 0 bridgehead atoms. The number of carbonyl (C=O) groups is 1. The molecule has 2 heterocycles. The Balaban J connectivity index is 1.49. The summed E-state index contributed by atoms with van der Waals surface area (Å²) in [4.78, 5) is 15.1. The number of aromatic nitrogens is 4. The summed E-state index contributed by atoms with van der Waals surface area (Å²) in [5, 5.41) is 11.0. The van der Waals surface area contributed by atoms with Gasteiger partial charge in [-0.3, -0.25) is 4.79 Å². The molecule has 33 heavy (non-hydrogen) atoms. The molecule has 1 aromatic heterocycles. The lowest BCUT2D eigenvalue weighted by Gasteiger charge is -2.35. The van der Waals surface area contributed by atoms with E-state index >= 15 is 0 Å². The molecule has 1 fully saturated rings. The second-order valence-corrected chi connectivity index (χ2v) is 10.3. The van der Waals surface area contributed by atoms with Gasteiger partial charge in [0, 0.05) is 31.7 Å². The number of hydrogen-bond acceptors (Lipinski definition) is 6. The highest BCUT2D eigenvalue weighted by Crippen LogP contribution is 2.32. The maximum Gasteiger partial charge on any atom is 0.253 e. The quantitative estimate of drug-likeness (QED) is 0.583. The fourth-order valence-corrected chi connectivity index (χ4v) is 6.31. The Bertz CT molecular complexity index is 1260. The van der Waals surface area contributed by atoms with Crippen LogP contribution in [0.3, 0.4) is 0 Å². The fraction of sp³-hybridized carbons (Fsp3) is 0.391. The minimum Gasteiger partial charge on any atom is -0.336 e. The van der Waals surface area contributed by atoms with Crippen LogP contribution < -0.4 is 0 Å². The van der Waals surface area contributed by atoms with Crippen LogP contribution in [-0.2, 0) is 10.0 Å². The molecule has 3 aromatic rings. The van der Waals surface area contributed by atoms with E-state index in [2.05, 4.69) is 15.5 Å². The maximum absolute atomic E-state index is 13.5. The highest BCUT2D eigenvalue weighted by atomic mass is 32.2. The van der Waals surface area contributed by atoms with E-state index in [1.807, 2.05) is 34.6 Å². The molecule has 10 heteroatoms. The van der Waals surface area contributed by atoms with Gasteiger partial charge >= 0.3 is 0 Å². The van der Waals surface area contributed by atoms with E-state index in [1.165, 1.54) is 15.3 Å². The van der Waals surface area contributed by atoms with Gasteiger partial charge in [-0.2, -0.15) is 4.31 Å². The van der Waals surface area contributed by atoms with Gasteiger partial charge < -0.3 is 4.90 Å². The number of hydrogen-bond donors (Lipinski definition) is 0. The average Bonchev–Trinajstić information content (AvgIpc) is 3.36. The molecule has 0 radical (unpaired) electrons. The van der Waals surface area contributed by atoms with Gasteiger partial charge in [0.25, 0.3) is 5.91 Å². The van der Waals surface area contributed by atoms with Gasteiger partial charge in [0.2, 0.25) is 10.0 Å². The fourth-order valence-electron chi connectivity index (χ4n) is 4.33. The molecule has 0 unspecified atom stereocenters. The van der Waals surface area contributed by atoms with E-state index in [0.717, 1.165) is 33.5 Å². The summed E-state index contributed by atoms with van der Waals surface area (Å²) in [5.74, 6) is -0.121. The molecule has 1 amide bonds. The molecular formula is C23H28N6O3S. The Morgan fingerprint density at radius 2 is 1.36 bits per heavy atom. The number of amides is 1. The summed E-state index contributed by atoms with van der Waals surface area (Å²) in [6.45, 7) is 10.9. The number of rotatable bonds is 4. The summed E-state index contributed by atoms with van der Waals surface area (Å²) >= 11 is 0. The molecule has 0 saturated carbocycles. The minimum atomic E-state index is -3.66. The topological polar surface area (TPSA) is 101 Å². The van der Waals surface area contributed by atoms with Crippen molar-refractivity contribution >= 4 is 15.9 Å². The zero-order valence-electron chi connectivity index (χ0n) is 19.5. The zero-order chi connectivity index (χ0) is 23.9. The smallest absolute Gasteiger partial charge is 0.253 e. The third kappa shape index (κ3) is 4.04.